The summed E-state index contributed by atoms with van der Waals surface area (Å²) in [5, 5.41) is 14.3. The zero-order valence-corrected chi connectivity index (χ0v) is 22.7. The average Bonchev–Trinajstić information content (AvgIpc) is 3.05. The van der Waals surface area contributed by atoms with Crippen LogP contribution in [0.4, 0.5) is 4.39 Å². The van der Waals surface area contributed by atoms with Crippen LogP contribution in [0, 0.1) is 5.82 Å². The van der Waals surface area contributed by atoms with Crippen LogP contribution < -0.4 is 5.32 Å². The largest absolute Gasteiger partial charge is 0.507 e. The fourth-order valence-corrected chi connectivity index (χ4v) is 5.72. The lowest BCUT2D eigenvalue weighted by atomic mass is 10.0. The molecule has 0 unspecified atom stereocenters. The first-order valence-corrected chi connectivity index (χ1v) is 13.0. The zero-order valence-electron chi connectivity index (χ0n) is 19.5. The molecule has 0 saturated carbocycles. The number of piperidine rings is 1. The van der Waals surface area contributed by atoms with Crippen molar-refractivity contribution in [3.63, 3.8) is 0 Å². The predicted octanol–water partition coefficient (Wildman–Crippen LogP) is 6.10. The normalized spacial score (nSPS) is 15.0. The molecule has 5 nitrogen and oxygen atoms in total. The highest BCUT2D eigenvalue weighted by atomic mass is 79.9. The third-order valence-electron chi connectivity index (χ3n) is 6.40. The number of aromatic nitrogens is 1. The minimum atomic E-state index is -0.270. The molecule has 2 aromatic carbocycles. The Labute approximate surface area is 218 Å². The molecule has 1 aliphatic heterocycles. The number of amides is 1. The van der Waals surface area contributed by atoms with Gasteiger partial charge in [0.2, 0.25) is 0 Å². The van der Waals surface area contributed by atoms with E-state index in [1.165, 1.54) is 12.1 Å². The zero-order chi connectivity index (χ0) is 23.7. The van der Waals surface area contributed by atoms with E-state index in [0.29, 0.717) is 21.8 Å². The van der Waals surface area contributed by atoms with Gasteiger partial charge in [0.05, 0.1) is 15.6 Å². The molecule has 184 valence electrons. The molecule has 4 rings (SSSR count). The summed E-state index contributed by atoms with van der Waals surface area (Å²) in [5.74, 6) is 0.266. The SMILES string of the molecule is CC(C)N1CCC(NC(=O)c2c(CSc3ccc(F)cc3)n(C)c3cc(Br)c(O)cc23)CC1.Cl. The van der Waals surface area contributed by atoms with Crippen LogP contribution >= 0.6 is 40.1 Å². The van der Waals surface area contributed by atoms with Crippen molar-refractivity contribution >= 4 is 56.9 Å². The fraction of sp³-hybridized carbons (Fsp3) is 0.400. The summed E-state index contributed by atoms with van der Waals surface area (Å²) in [7, 11) is 1.93. The maximum atomic E-state index is 13.5. The summed E-state index contributed by atoms with van der Waals surface area (Å²) in [5.41, 5.74) is 2.33. The molecule has 1 saturated heterocycles. The van der Waals surface area contributed by atoms with Crippen LogP contribution in [-0.4, -0.2) is 45.7 Å². The lowest BCUT2D eigenvalue weighted by Crippen LogP contribution is -2.46. The van der Waals surface area contributed by atoms with Gasteiger partial charge >= 0.3 is 0 Å². The number of likely N-dealkylation sites (tertiary alicyclic amines) is 1. The van der Waals surface area contributed by atoms with Crippen LogP contribution in [0.3, 0.4) is 0 Å². The number of hydrogen-bond donors (Lipinski definition) is 2. The Morgan fingerprint density at radius 1 is 1.24 bits per heavy atom. The number of rotatable bonds is 6. The number of nitrogens with zero attached hydrogens (tertiary/aromatic N) is 2. The number of nitrogens with one attached hydrogen (secondary N) is 1. The van der Waals surface area contributed by atoms with Gasteiger partial charge in [-0.15, -0.1) is 24.2 Å². The van der Waals surface area contributed by atoms with E-state index in [9.17, 15) is 14.3 Å². The van der Waals surface area contributed by atoms with E-state index >= 15 is 0 Å². The molecule has 0 bridgehead atoms. The molecule has 0 spiro atoms. The van der Waals surface area contributed by atoms with Crippen molar-refractivity contribution in [3.05, 3.63) is 57.9 Å². The van der Waals surface area contributed by atoms with Crippen LogP contribution in [0.25, 0.3) is 10.9 Å². The van der Waals surface area contributed by atoms with Crippen molar-refractivity contribution in [3.8, 4) is 5.75 Å². The van der Waals surface area contributed by atoms with E-state index < -0.39 is 0 Å². The van der Waals surface area contributed by atoms with E-state index in [1.54, 1.807) is 30.0 Å². The highest BCUT2D eigenvalue weighted by molar-refractivity contribution is 9.10. The molecule has 3 aromatic rings. The molecule has 0 radical (unpaired) electrons. The summed E-state index contributed by atoms with van der Waals surface area (Å²) in [4.78, 5) is 16.9. The first-order chi connectivity index (χ1) is 15.7. The minimum Gasteiger partial charge on any atom is -0.507 e. The van der Waals surface area contributed by atoms with Gasteiger partial charge in [0, 0.05) is 53.9 Å². The number of hydrogen-bond acceptors (Lipinski definition) is 4. The maximum Gasteiger partial charge on any atom is 0.253 e. The highest BCUT2D eigenvalue weighted by Crippen LogP contribution is 2.36. The Morgan fingerprint density at radius 2 is 1.88 bits per heavy atom. The van der Waals surface area contributed by atoms with Crippen molar-refractivity contribution in [1.82, 2.24) is 14.8 Å². The predicted molar refractivity (Wildman–Crippen MR) is 143 cm³/mol. The number of benzene rings is 2. The van der Waals surface area contributed by atoms with E-state index in [2.05, 4.69) is 40.0 Å². The third-order valence-corrected chi connectivity index (χ3v) is 8.06. The van der Waals surface area contributed by atoms with Crippen LogP contribution in [0.5, 0.6) is 5.75 Å². The Kier molecular flexibility index (Phi) is 8.95. The van der Waals surface area contributed by atoms with E-state index in [-0.39, 0.29) is 35.9 Å². The van der Waals surface area contributed by atoms with Gasteiger partial charge in [-0.2, -0.15) is 0 Å². The van der Waals surface area contributed by atoms with E-state index in [0.717, 1.165) is 47.4 Å². The van der Waals surface area contributed by atoms with E-state index in [4.69, 9.17) is 0 Å². The summed E-state index contributed by atoms with van der Waals surface area (Å²) < 4.78 is 15.9. The Morgan fingerprint density at radius 3 is 2.50 bits per heavy atom. The molecule has 2 heterocycles. The summed E-state index contributed by atoms with van der Waals surface area (Å²) in [6.45, 7) is 6.34. The van der Waals surface area contributed by atoms with Crippen LogP contribution in [-0.2, 0) is 12.8 Å². The van der Waals surface area contributed by atoms with Crippen LogP contribution in [0.15, 0.2) is 45.8 Å². The molecule has 34 heavy (non-hydrogen) atoms. The van der Waals surface area contributed by atoms with Crippen molar-refractivity contribution in [2.75, 3.05) is 13.1 Å². The summed E-state index contributed by atoms with van der Waals surface area (Å²) in [6.07, 6.45) is 1.84. The van der Waals surface area contributed by atoms with Gasteiger partial charge in [-0.3, -0.25) is 4.79 Å². The van der Waals surface area contributed by atoms with Crippen molar-refractivity contribution < 1.29 is 14.3 Å². The Bertz CT molecular complexity index is 1160. The van der Waals surface area contributed by atoms with Gasteiger partial charge in [-0.25, -0.2) is 4.39 Å². The number of phenolic OH excluding ortho intramolecular Hbond substituents is 1. The second kappa shape index (κ2) is 11.3. The van der Waals surface area contributed by atoms with Gasteiger partial charge in [0.25, 0.3) is 5.91 Å². The van der Waals surface area contributed by atoms with Crippen LogP contribution in [0.2, 0.25) is 0 Å². The molecule has 1 amide bonds. The third kappa shape index (κ3) is 5.73. The standard InChI is InChI=1S/C25H29BrFN3O2S.ClH/c1-15(2)30-10-8-17(9-11-30)28-25(32)24-19-12-23(31)20(26)13-21(19)29(3)22(24)14-33-18-6-4-16(27)5-7-18;/h4-7,12-13,15,17,31H,8-11,14H2,1-3H3,(H,28,32);1H. The van der Waals surface area contributed by atoms with Gasteiger partial charge in [0.1, 0.15) is 11.6 Å². The van der Waals surface area contributed by atoms with E-state index in [1.807, 2.05) is 17.7 Å². The Hall–Kier alpha value is -1.74. The molecule has 1 fully saturated rings. The molecule has 0 atom stereocenters. The molecule has 0 aliphatic carbocycles. The minimum absolute atomic E-state index is 0. The van der Waals surface area contributed by atoms with Gasteiger partial charge in [0.15, 0.2) is 0 Å². The lowest BCUT2D eigenvalue weighted by Gasteiger charge is -2.34. The number of aryl methyl sites for hydroxylation is 1. The second-order valence-corrected chi connectivity index (χ2v) is 10.7. The number of aromatic hydroxyl groups is 1. The first-order valence-electron chi connectivity index (χ1n) is 11.2. The number of carbonyl (C=O) groups excluding carboxylic acids is 1. The molecule has 1 aliphatic rings. The number of carbonyl (C=O) groups is 1. The monoisotopic (exact) mass is 569 g/mol. The van der Waals surface area contributed by atoms with Crippen LogP contribution in [0.1, 0.15) is 42.7 Å². The smallest absolute Gasteiger partial charge is 0.253 e. The number of fused-ring (bicyclic) bond motifs is 1. The number of phenols is 1. The highest BCUT2D eigenvalue weighted by Gasteiger charge is 2.27. The summed E-state index contributed by atoms with van der Waals surface area (Å²) in [6, 6.07) is 10.5. The van der Waals surface area contributed by atoms with Gasteiger partial charge in [-0.05, 0) is 79.0 Å². The number of thioether (sulfide) groups is 1. The molecule has 9 heteroatoms. The van der Waals surface area contributed by atoms with Crippen molar-refractivity contribution in [2.24, 2.45) is 7.05 Å². The van der Waals surface area contributed by atoms with Crippen molar-refractivity contribution in [1.29, 1.82) is 0 Å². The Balaban J connectivity index is 0.00000324. The van der Waals surface area contributed by atoms with Crippen molar-refractivity contribution in [2.45, 2.75) is 49.4 Å². The summed E-state index contributed by atoms with van der Waals surface area (Å²) >= 11 is 4.94. The van der Waals surface area contributed by atoms with Gasteiger partial charge in [-0.1, -0.05) is 0 Å². The quantitative estimate of drug-likeness (QED) is 0.352. The molecule has 1 aromatic heterocycles. The first kappa shape index (κ1) is 26.9. The average molecular weight is 571 g/mol. The molecular weight excluding hydrogens is 541 g/mol. The molecular formula is C25H30BrClFN3O2S. The fourth-order valence-electron chi connectivity index (χ4n) is 4.42. The second-order valence-electron chi connectivity index (χ2n) is 8.82. The van der Waals surface area contributed by atoms with Gasteiger partial charge < -0.3 is 19.9 Å². The molecule has 2 N–H and O–H groups in total. The topological polar surface area (TPSA) is 57.5 Å². The maximum absolute atomic E-state index is 13.5. The lowest BCUT2D eigenvalue weighted by molar-refractivity contribution is 0.0901. The number of halogens is 3.